The normalized spacial score (nSPS) is 18.4. The number of hydrogen-bond acceptors (Lipinski definition) is 8. The largest absolute Gasteiger partial charge is 0.496 e. The van der Waals surface area contributed by atoms with Crippen molar-refractivity contribution in [3.8, 4) is 34.4 Å². The summed E-state index contributed by atoms with van der Waals surface area (Å²) >= 11 is 0. The molecule has 2 atom stereocenters. The number of likely N-dealkylation sites (tertiary alicyclic amines) is 2. The summed E-state index contributed by atoms with van der Waals surface area (Å²) in [4.78, 5) is 8.89. The van der Waals surface area contributed by atoms with Crippen LogP contribution < -0.4 is 4.74 Å². The topological polar surface area (TPSA) is 106 Å². The van der Waals surface area contributed by atoms with E-state index in [1.165, 1.54) is 19.3 Å². The number of oxazole rings is 1. The Hall–Kier alpha value is -4.99. The Morgan fingerprint density at radius 1 is 0.887 bits per heavy atom. The first-order valence-corrected chi connectivity index (χ1v) is 17.7. The molecule has 2 aliphatic rings. The molecule has 274 valence electrons. The van der Waals surface area contributed by atoms with Gasteiger partial charge in [-0.2, -0.15) is 18.4 Å². The molecule has 3 heterocycles. The van der Waals surface area contributed by atoms with E-state index in [1.807, 2.05) is 67.3 Å². The Bertz CT molecular complexity index is 2240. The van der Waals surface area contributed by atoms with Gasteiger partial charge in [0.25, 0.3) is 0 Å². The van der Waals surface area contributed by atoms with Crippen molar-refractivity contribution in [1.29, 1.82) is 5.26 Å². The Morgan fingerprint density at radius 3 is 2.17 bits per heavy atom. The first-order chi connectivity index (χ1) is 25.4. The van der Waals surface area contributed by atoms with Crippen LogP contribution in [0.15, 0.2) is 65.1 Å². The fourth-order valence-corrected chi connectivity index (χ4v) is 7.59. The van der Waals surface area contributed by atoms with Crippen LogP contribution in [0, 0.1) is 25.2 Å². The van der Waals surface area contributed by atoms with Gasteiger partial charge in [-0.1, -0.05) is 42.5 Å². The molecular formula is C42H41F3N4O4. The number of nitrogens with zero attached hydrogens (tertiary/aromatic N) is 4. The lowest BCUT2D eigenvalue weighted by molar-refractivity contribution is -0.137. The van der Waals surface area contributed by atoms with E-state index in [0.717, 1.165) is 58.0 Å². The highest BCUT2D eigenvalue weighted by Gasteiger charge is 2.34. The average molecular weight is 723 g/mol. The van der Waals surface area contributed by atoms with Crippen LogP contribution in [0.3, 0.4) is 0 Å². The zero-order valence-electron chi connectivity index (χ0n) is 29.9. The minimum atomic E-state index is -4.59. The van der Waals surface area contributed by atoms with Gasteiger partial charge in [-0.15, -0.1) is 0 Å². The van der Waals surface area contributed by atoms with E-state index in [-0.39, 0.29) is 18.2 Å². The number of fused-ring (bicyclic) bond motifs is 1. The molecule has 0 unspecified atom stereocenters. The van der Waals surface area contributed by atoms with Gasteiger partial charge in [0.15, 0.2) is 5.58 Å². The summed E-state index contributed by atoms with van der Waals surface area (Å²) < 4.78 is 55.0. The lowest BCUT2D eigenvalue weighted by Gasteiger charge is -2.20. The second kappa shape index (κ2) is 14.8. The van der Waals surface area contributed by atoms with Crippen LogP contribution in [0.2, 0.25) is 0 Å². The molecule has 4 aromatic carbocycles. The van der Waals surface area contributed by atoms with E-state index in [0.29, 0.717) is 66.5 Å². The summed E-state index contributed by atoms with van der Waals surface area (Å²) in [6.07, 6.45) is -0.911. The van der Waals surface area contributed by atoms with E-state index in [2.05, 4.69) is 11.0 Å². The van der Waals surface area contributed by atoms with Crippen molar-refractivity contribution in [3.63, 3.8) is 0 Å². The number of halogens is 3. The fraction of sp³-hybridized carbons (Fsp3) is 0.333. The maximum atomic E-state index is 14.4. The van der Waals surface area contributed by atoms with Gasteiger partial charge in [-0.3, -0.25) is 9.80 Å². The number of hydrogen-bond donors (Lipinski definition) is 2. The minimum Gasteiger partial charge on any atom is -0.496 e. The first-order valence-electron chi connectivity index (χ1n) is 17.7. The van der Waals surface area contributed by atoms with Gasteiger partial charge in [0, 0.05) is 50.4 Å². The molecule has 2 fully saturated rings. The molecular weight excluding hydrogens is 681 g/mol. The predicted molar refractivity (Wildman–Crippen MR) is 198 cm³/mol. The average Bonchev–Trinajstić information content (AvgIpc) is 3.86. The quantitative estimate of drug-likeness (QED) is 0.148. The molecule has 53 heavy (non-hydrogen) atoms. The van der Waals surface area contributed by atoms with Crippen molar-refractivity contribution in [2.75, 3.05) is 33.3 Å². The highest BCUT2D eigenvalue weighted by atomic mass is 19.4. The molecule has 0 saturated carbocycles. The molecule has 5 aromatic rings. The van der Waals surface area contributed by atoms with Gasteiger partial charge in [0.05, 0.1) is 30.4 Å². The van der Waals surface area contributed by atoms with Gasteiger partial charge in [0.2, 0.25) is 5.89 Å². The molecule has 0 bridgehead atoms. The molecule has 2 saturated heterocycles. The number of alkyl halides is 3. The lowest BCUT2D eigenvalue weighted by atomic mass is 9.91. The van der Waals surface area contributed by atoms with Crippen LogP contribution in [0.5, 0.6) is 5.75 Å². The monoisotopic (exact) mass is 722 g/mol. The number of aromatic nitrogens is 1. The SMILES string of the molecule is COc1cc(/C=C/c2cccc(-c3cccc(-c4nc5cc(CN6CC[C@@H](O)C6)cc(C#N)c5o4)c3C)c2C)c(C(F)(F)F)cc1CN1CC[C@@H](O)C1. The number of nitriles is 1. The Kier molecular flexibility index (Phi) is 10.2. The van der Waals surface area contributed by atoms with E-state index < -0.39 is 17.8 Å². The molecule has 0 spiro atoms. The van der Waals surface area contributed by atoms with Gasteiger partial charge < -0.3 is 19.4 Å². The zero-order valence-corrected chi connectivity index (χ0v) is 29.9. The van der Waals surface area contributed by atoms with Crippen molar-refractivity contribution in [2.24, 2.45) is 0 Å². The van der Waals surface area contributed by atoms with Crippen LogP contribution in [0.25, 0.3) is 45.8 Å². The van der Waals surface area contributed by atoms with Crippen LogP contribution in [-0.2, 0) is 19.3 Å². The molecule has 0 aliphatic carbocycles. The number of aliphatic hydroxyl groups is 2. The summed E-state index contributed by atoms with van der Waals surface area (Å²) in [5.74, 6) is 0.747. The maximum absolute atomic E-state index is 14.4. The number of methoxy groups -OCH3 is 1. The Morgan fingerprint density at radius 2 is 1.53 bits per heavy atom. The van der Waals surface area contributed by atoms with Crippen LogP contribution in [0.4, 0.5) is 13.2 Å². The van der Waals surface area contributed by atoms with Crippen molar-refractivity contribution < 1.29 is 32.5 Å². The van der Waals surface area contributed by atoms with Crippen molar-refractivity contribution >= 4 is 23.3 Å². The van der Waals surface area contributed by atoms with Crippen molar-refractivity contribution in [1.82, 2.24) is 14.8 Å². The smallest absolute Gasteiger partial charge is 0.417 e. The number of rotatable bonds is 9. The highest BCUT2D eigenvalue weighted by Crippen LogP contribution is 2.39. The summed E-state index contributed by atoms with van der Waals surface area (Å²) in [5, 5.41) is 29.8. The Balaban J connectivity index is 1.20. The lowest BCUT2D eigenvalue weighted by Crippen LogP contribution is -2.22. The standard InChI is InChI=1S/C42H41F3N4O4/c1-25-28(10-11-29-19-39(52-3)31(18-37(29)42(43,44)45)22-49-15-13-33(51)24-49)6-4-7-34(25)35-8-5-9-36(26(35)2)41-47-38-17-27(16-30(20-46)40(38)53-41)21-48-14-12-32(50)23-48/h4-11,16-19,32-33,50-51H,12-15,21-24H2,1-3H3/b11-10+/t32-,33-/m1/s1. The second-order valence-electron chi connectivity index (χ2n) is 14.1. The molecule has 0 radical (unpaired) electrons. The van der Waals surface area contributed by atoms with Crippen LogP contribution in [-0.4, -0.2) is 70.5 Å². The summed E-state index contributed by atoms with van der Waals surface area (Å²) in [7, 11) is 1.45. The predicted octanol–water partition coefficient (Wildman–Crippen LogP) is 7.98. The maximum Gasteiger partial charge on any atom is 0.417 e. The van der Waals surface area contributed by atoms with Gasteiger partial charge in [-0.05, 0) is 96.0 Å². The van der Waals surface area contributed by atoms with E-state index in [1.54, 1.807) is 6.08 Å². The minimum absolute atomic E-state index is 0.00332. The van der Waals surface area contributed by atoms with Crippen molar-refractivity contribution in [3.05, 3.63) is 105 Å². The van der Waals surface area contributed by atoms with E-state index >= 15 is 0 Å². The summed E-state index contributed by atoms with van der Waals surface area (Å²) in [5.41, 5.74) is 7.12. The Labute approximate surface area is 306 Å². The third kappa shape index (κ3) is 7.59. The molecule has 1 aromatic heterocycles. The first kappa shape index (κ1) is 36.4. The molecule has 7 rings (SSSR count). The van der Waals surface area contributed by atoms with E-state index in [4.69, 9.17) is 14.1 Å². The van der Waals surface area contributed by atoms with Crippen molar-refractivity contribution in [2.45, 2.75) is 58.2 Å². The number of ether oxygens (including phenoxy) is 1. The highest BCUT2D eigenvalue weighted by molar-refractivity contribution is 5.85. The number of benzene rings is 4. The van der Waals surface area contributed by atoms with Crippen LogP contribution in [0.1, 0.15) is 57.3 Å². The number of β-amino-alcohol motifs (C(OH)–C–C–N with tert-alkyl or cyclic N) is 2. The van der Waals surface area contributed by atoms with Crippen LogP contribution >= 0.6 is 0 Å². The second-order valence-corrected chi connectivity index (χ2v) is 14.1. The molecule has 8 nitrogen and oxygen atoms in total. The fourth-order valence-electron chi connectivity index (χ4n) is 7.59. The van der Waals surface area contributed by atoms with Gasteiger partial charge >= 0.3 is 6.18 Å². The third-order valence-electron chi connectivity index (χ3n) is 10.4. The summed E-state index contributed by atoms with van der Waals surface area (Å²) in [6, 6.07) is 20.1. The zero-order chi connectivity index (χ0) is 37.4. The molecule has 2 N–H and O–H groups in total. The molecule has 11 heteroatoms. The van der Waals surface area contributed by atoms with E-state index in [9.17, 15) is 28.6 Å². The van der Waals surface area contributed by atoms with Gasteiger partial charge in [0.1, 0.15) is 17.3 Å². The third-order valence-corrected chi connectivity index (χ3v) is 10.4. The van der Waals surface area contributed by atoms with Gasteiger partial charge in [-0.25, -0.2) is 4.98 Å². The molecule has 0 amide bonds. The number of aliphatic hydroxyl groups excluding tert-OH is 2. The molecule has 2 aliphatic heterocycles. The summed E-state index contributed by atoms with van der Waals surface area (Å²) in [6.45, 7) is 7.17.